The van der Waals surface area contributed by atoms with Crippen LogP contribution in [-0.4, -0.2) is 0 Å². The van der Waals surface area contributed by atoms with Gasteiger partial charge < -0.3 is 4.42 Å². The van der Waals surface area contributed by atoms with Crippen molar-refractivity contribution in [3.8, 4) is 44.5 Å². The molecule has 0 saturated heterocycles. The van der Waals surface area contributed by atoms with Crippen molar-refractivity contribution in [1.82, 2.24) is 0 Å². The van der Waals surface area contributed by atoms with E-state index in [-0.39, 0.29) is 0 Å². The molecule has 1 aromatic heterocycles. The molecule has 222 valence electrons. The Bertz CT molecular complexity index is 2590. The summed E-state index contributed by atoms with van der Waals surface area (Å²) in [7, 11) is 0. The van der Waals surface area contributed by atoms with Crippen LogP contribution in [-0.2, 0) is 6.42 Å². The molecule has 47 heavy (non-hydrogen) atoms. The van der Waals surface area contributed by atoms with Crippen molar-refractivity contribution in [3.05, 3.63) is 169 Å². The zero-order chi connectivity index (χ0) is 31.3. The lowest BCUT2D eigenvalue weighted by Gasteiger charge is -2.19. The van der Waals surface area contributed by atoms with Crippen molar-refractivity contribution >= 4 is 43.5 Å². The van der Waals surface area contributed by atoms with Crippen molar-refractivity contribution in [1.29, 1.82) is 0 Å². The Morgan fingerprint density at radius 3 is 1.72 bits per heavy atom. The first-order valence-corrected chi connectivity index (χ1v) is 16.4. The fraction of sp³-hybridized carbons (Fsp3) is 0.0435. The van der Waals surface area contributed by atoms with E-state index in [2.05, 4.69) is 159 Å². The van der Waals surface area contributed by atoms with Gasteiger partial charge in [-0.15, -0.1) is 0 Å². The van der Waals surface area contributed by atoms with Crippen molar-refractivity contribution in [2.75, 3.05) is 0 Å². The second kappa shape index (κ2) is 11.2. The number of aryl methyl sites for hydroxylation is 1. The number of para-hydroxylation sites is 2. The quantitative estimate of drug-likeness (QED) is 0.179. The van der Waals surface area contributed by atoms with E-state index in [1.54, 1.807) is 0 Å². The van der Waals surface area contributed by atoms with Crippen LogP contribution in [0.4, 0.5) is 0 Å². The van der Waals surface area contributed by atoms with Gasteiger partial charge >= 0.3 is 0 Å². The van der Waals surface area contributed by atoms with Gasteiger partial charge in [0.2, 0.25) is 0 Å². The Morgan fingerprint density at radius 1 is 0.383 bits per heavy atom. The summed E-state index contributed by atoms with van der Waals surface area (Å²) in [6.45, 7) is 2.21. The van der Waals surface area contributed by atoms with Gasteiger partial charge in [-0.25, -0.2) is 0 Å². The first-order chi connectivity index (χ1) is 23.3. The molecule has 0 bridgehead atoms. The smallest absolute Gasteiger partial charge is 0.143 e. The Hall–Kier alpha value is -5.92. The minimum absolute atomic E-state index is 0.918. The van der Waals surface area contributed by atoms with Gasteiger partial charge in [0.25, 0.3) is 0 Å². The van der Waals surface area contributed by atoms with Crippen LogP contribution in [0.15, 0.2) is 168 Å². The molecule has 0 aliphatic carbocycles. The van der Waals surface area contributed by atoms with Gasteiger partial charge in [-0.05, 0) is 90.7 Å². The van der Waals surface area contributed by atoms with E-state index in [1.165, 1.54) is 60.5 Å². The summed E-state index contributed by atoms with van der Waals surface area (Å²) >= 11 is 0. The summed E-state index contributed by atoms with van der Waals surface area (Å²) in [5, 5.41) is 7.36. The minimum Gasteiger partial charge on any atom is -0.455 e. The average molecular weight is 601 g/mol. The van der Waals surface area contributed by atoms with E-state index < -0.39 is 0 Å². The molecule has 1 nitrogen and oxygen atoms in total. The second-order valence-electron chi connectivity index (χ2n) is 12.3. The van der Waals surface area contributed by atoms with E-state index in [9.17, 15) is 0 Å². The Morgan fingerprint density at radius 2 is 0.936 bits per heavy atom. The average Bonchev–Trinajstić information content (AvgIpc) is 3.53. The number of hydrogen-bond donors (Lipinski definition) is 0. The molecule has 0 amide bonds. The number of furan rings is 1. The van der Waals surface area contributed by atoms with Gasteiger partial charge in [0, 0.05) is 16.3 Å². The van der Waals surface area contributed by atoms with Gasteiger partial charge in [-0.1, -0.05) is 153 Å². The monoisotopic (exact) mass is 600 g/mol. The van der Waals surface area contributed by atoms with Crippen LogP contribution >= 0.6 is 0 Å². The lowest BCUT2D eigenvalue weighted by molar-refractivity contribution is 0.670. The van der Waals surface area contributed by atoms with Crippen LogP contribution in [0.2, 0.25) is 0 Å². The number of hydrogen-bond acceptors (Lipinski definition) is 1. The molecule has 9 aromatic rings. The highest BCUT2D eigenvalue weighted by molar-refractivity contribution is 6.22. The zero-order valence-electron chi connectivity index (χ0n) is 26.2. The third-order valence-electron chi connectivity index (χ3n) is 9.65. The first-order valence-electron chi connectivity index (χ1n) is 16.4. The van der Waals surface area contributed by atoms with E-state index in [4.69, 9.17) is 4.42 Å². The highest BCUT2D eigenvalue weighted by atomic mass is 16.3. The molecule has 0 saturated carbocycles. The van der Waals surface area contributed by atoms with Crippen LogP contribution in [0.3, 0.4) is 0 Å². The third-order valence-corrected chi connectivity index (χ3v) is 9.65. The van der Waals surface area contributed by atoms with Crippen molar-refractivity contribution < 1.29 is 4.42 Å². The molecule has 0 atom stereocenters. The molecule has 1 heterocycles. The SMILES string of the molecule is CCc1ccc(-c2c3ccccc3c(-c3ccccc3)c3ccc(-c4cccc(-c5cccc6c5oc5ccccc56)c4)cc23)cc1. The number of benzene rings is 8. The van der Waals surface area contributed by atoms with Crippen LogP contribution in [0.1, 0.15) is 12.5 Å². The van der Waals surface area contributed by atoms with Gasteiger partial charge in [0.15, 0.2) is 0 Å². The molecule has 9 rings (SSSR count). The topological polar surface area (TPSA) is 13.1 Å². The molecular formula is C46H32O. The Balaban J connectivity index is 1.29. The fourth-order valence-electron chi connectivity index (χ4n) is 7.33. The molecule has 0 spiro atoms. The van der Waals surface area contributed by atoms with Gasteiger partial charge in [0.1, 0.15) is 11.2 Å². The van der Waals surface area contributed by atoms with E-state index in [1.807, 2.05) is 12.1 Å². The van der Waals surface area contributed by atoms with Crippen LogP contribution in [0.25, 0.3) is 88.0 Å². The van der Waals surface area contributed by atoms with E-state index >= 15 is 0 Å². The molecule has 0 fully saturated rings. The molecule has 0 aliphatic heterocycles. The largest absolute Gasteiger partial charge is 0.455 e. The predicted octanol–water partition coefficient (Wildman–Crippen LogP) is 13.1. The van der Waals surface area contributed by atoms with Gasteiger partial charge in [-0.2, -0.15) is 0 Å². The molecule has 8 aromatic carbocycles. The Labute approximate surface area is 274 Å². The maximum absolute atomic E-state index is 6.42. The molecular weight excluding hydrogens is 569 g/mol. The lowest BCUT2D eigenvalue weighted by atomic mass is 9.84. The molecule has 0 N–H and O–H groups in total. The summed E-state index contributed by atoms with van der Waals surface area (Å²) in [5.41, 5.74) is 12.9. The van der Waals surface area contributed by atoms with Crippen molar-refractivity contribution in [3.63, 3.8) is 0 Å². The third kappa shape index (κ3) is 4.55. The minimum atomic E-state index is 0.918. The summed E-state index contributed by atoms with van der Waals surface area (Å²) in [4.78, 5) is 0. The maximum atomic E-state index is 6.42. The fourth-order valence-corrected chi connectivity index (χ4v) is 7.33. The molecule has 0 unspecified atom stereocenters. The maximum Gasteiger partial charge on any atom is 0.143 e. The second-order valence-corrected chi connectivity index (χ2v) is 12.3. The summed E-state index contributed by atoms with van der Waals surface area (Å²) in [5.74, 6) is 0. The first kappa shape index (κ1) is 27.4. The van der Waals surface area contributed by atoms with Crippen LogP contribution < -0.4 is 0 Å². The normalized spacial score (nSPS) is 11.6. The van der Waals surface area contributed by atoms with Crippen molar-refractivity contribution in [2.24, 2.45) is 0 Å². The number of rotatable bonds is 5. The zero-order valence-corrected chi connectivity index (χ0v) is 26.2. The standard InChI is InChI=1S/C46H32O/c1-2-30-22-24-32(25-23-30)45-39-18-7-6-17-38(39)44(31-12-4-3-5-13-31)40-27-26-34(29-42(40)45)33-14-10-15-35(28-33)36-19-11-20-41-37-16-8-9-21-43(37)47-46(36)41/h3-29H,2H2,1H3. The summed E-state index contributed by atoms with van der Waals surface area (Å²) in [6.07, 6.45) is 1.02. The van der Waals surface area contributed by atoms with Crippen LogP contribution in [0, 0.1) is 0 Å². The van der Waals surface area contributed by atoms with E-state index in [0.717, 1.165) is 39.5 Å². The molecule has 1 heteroatoms. The van der Waals surface area contributed by atoms with Gasteiger partial charge in [-0.3, -0.25) is 0 Å². The van der Waals surface area contributed by atoms with Crippen molar-refractivity contribution in [2.45, 2.75) is 13.3 Å². The predicted molar refractivity (Wildman–Crippen MR) is 200 cm³/mol. The highest BCUT2D eigenvalue weighted by Gasteiger charge is 2.18. The van der Waals surface area contributed by atoms with Crippen LogP contribution in [0.5, 0.6) is 0 Å². The Kier molecular flexibility index (Phi) is 6.50. The van der Waals surface area contributed by atoms with Gasteiger partial charge in [0.05, 0.1) is 0 Å². The summed E-state index contributed by atoms with van der Waals surface area (Å²) < 4.78 is 6.42. The molecule has 0 radical (unpaired) electrons. The summed E-state index contributed by atoms with van der Waals surface area (Å²) in [6, 6.07) is 59.5. The lowest BCUT2D eigenvalue weighted by Crippen LogP contribution is -1.92. The number of fused-ring (bicyclic) bond motifs is 5. The molecule has 0 aliphatic rings. The highest BCUT2D eigenvalue weighted by Crippen LogP contribution is 2.45. The van der Waals surface area contributed by atoms with E-state index in [0.29, 0.717) is 0 Å².